The number of oxime groups is 1. The number of hydrogen-bond acceptors (Lipinski definition) is 4. The highest BCUT2D eigenvalue weighted by Gasteiger charge is 2.12. The first kappa shape index (κ1) is 14.3. The van der Waals surface area contributed by atoms with Crippen molar-refractivity contribution in [3.63, 3.8) is 0 Å². The smallest absolute Gasteiger partial charge is 0.259 e. The second-order valence-corrected chi connectivity index (χ2v) is 4.18. The van der Waals surface area contributed by atoms with E-state index in [-0.39, 0.29) is 17.1 Å². The Morgan fingerprint density at radius 2 is 1.86 bits per heavy atom. The molecule has 2 aromatic rings. The highest BCUT2D eigenvalue weighted by molar-refractivity contribution is 6.06. The van der Waals surface area contributed by atoms with Crippen molar-refractivity contribution in [2.24, 2.45) is 10.9 Å². The maximum Gasteiger partial charge on any atom is 0.259 e. The fourth-order valence-electron chi connectivity index (χ4n) is 1.67. The van der Waals surface area contributed by atoms with Gasteiger partial charge in [-0.15, -0.1) is 0 Å². The van der Waals surface area contributed by atoms with Crippen LogP contribution in [0.5, 0.6) is 5.75 Å². The number of benzene rings is 2. The number of phenols is 1. The summed E-state index contributed by atoms with van der Waals surface area (Å²) in [5, 5.41) is 23.4. The standard InChI is InChI=1S/C14H12FN3O3/c15-9-3-6-12(19)11(7-9)14(20)17-10-4-1-8(2-5-10)13(16)18-21/h1-7,19,21H,(H2,16,18)(H,17,20). The van der Waals surface area contributed by atoms with Crippen LogP contribution in [0.4, 0.5) is 10.1 Å². The Morgan fingerprint density at radius 1 is 1.19 bits per heavy atom. The third-order valence-electron chi connectivity index (χ3n) is 2.75. The Labute approximate surface area is 119 Å². The van der Waals surface area contributed by atoms with Crippen LogP contribution in [-0.4, -0.2) is 22.1 Å². The van der Waals surface area contributed by atoms with Gasteiger partial charge in [-0.2, -0.15) is 0 Å². The zero-order valence-electron chi connectivity index (χ0n) is 10.7. The Kier molecular flexibility index (Phi) is 4.03. The van der Waals surface area contributed by atoms with Gasteiger partial charge in [-0.05, 0) is 42.5 Å². The molecular formula is C14H12FN3O3. The van der Waals surface area contributed by atoms with Gasteiger partial charge in [0.2, 0.25) is 0 Å². The van der Waals surface area contributed by atoms with Gasteiger partial charge in [0.15, 0.2) is 5.84 Å². The Hall–Kier alpha value is -3.09. The van der Waals surface area contributed by atoms with E-state index < -0.39 is 11.7 Å². The van der Waals surface area contributed by atoms with E-state index in [1.807, 2.05) is 0 Å². The third kappa shape index (κ3) is 3.27. The van der Waals surface area contributed by atoms with E-state index in [1.165, 1.54) is 24.3 Å². The van der Waals surface area contributed by atoms with Gasteiger partial charge in [-0.1, -0.05) is 5.16 Å². The molecule has 0 heterocycles. The minimum absolute atomic E-state index is 0.0596. The van der Waals surface area contributed by atoms with Crippen LogP contribution in [0.1, 0.15) is 15.9 Å². The van der Waals surface area contributed by atoms with E-state index in [4.69, 9.17) is 10.9 Å². The second kappa shape index (κ2) is 5.91. The zero-order chi connectivity index (χ0) is 15.4. The molecule has 2 rings (SSSR count). The lowest BCUT2D eigenvalue weighted by atomic mass is 10.1. The average molecular weight is 289 g/mol. The molecule has 0 spiro atoms. The minimum atomic E-state index is -0.649. The van der Waals surface area contributed by atoms with Gasteiger partial charge in [0.25, 0.3) is 5.91 Å². The molecule has 0 atom stereocenters. The number of phenolic OH excluding ortho intramolecular Hbond substituents is 1. The number of rotatable bonds is 3. The predicted octanol–water partition coefficient (Wildman–Crippen LogP) is 1.88. The van der Waals surface area contributed by atoms with Gasteiger partial charge in [-0.3, -0.25) is 4.79 Å². The largest absolute Gasteiger partial charge is 0.507 e. The number of carbonyl (C=O) groups is 1. The lowest BCUT2D eigenvalue weighted by Gasteiger charge is -2.07. The molecule has 0 aliphatic rings. The van der Waals surface area contributed by atoms with E-state index >= 15 is 0 Å². The van der Waals surface area contributed by atoms with Crippen LogP contribution in [0.2, 0.25) is 0 Å². The summed E-state index contributed by atoms with van der Waals surface area (Å²) >= 11 is 0. The summed E-state index contributed by atoms with van der Waals surface area (Å²) in [5.41, 5.74) is 6.13. The van der Waals surface area contributed by atoms with Gasteiger partial charge in [0.1, 0.15) is 11.6 Å². The van der Waals surface area contributed by atoms with E-state index in [0.29, 0.717) is 11.3 Å². The van der Waals surface area contributed by atoms with E-state index in [0.717, 1.165) is 18.2 Å². The molecule has 0 aliphatic heterocycles. The second-order valence-electron chi connectivity index (χ2n) is 4.18. The first-order valence-corrected chi connectivity index (χ1v) is 5.89. The van der Waals surface area contributed by atoms with Gasteiger partial charge in [-0.25, -0.2) is 4.39 Å². The maximum atomic E-state index is 13.1. The predicted molar refractivity (Wildman–Crippen MR) is 75.0 cm³/mol. The number of nitrogens with one attached hydrogen (secondary N) is 1. The molecule has 21 heavy (non-hydrogen) atoms. The minimum Gasteiger partial charge on any atom is -0.507 e. The van der Waals surface area contributed by atoms with Crippen molar-refractivity contribution in [2.45, 2.75) is 0 Å². The van der Waals surface area contributed by atoms with Crippen LogP contribution >= 0.6 is 0 Å². The summed E-state index contributed by atoms with van der Waals surface area (Å²) < 4.78 is 13.1. The van der Waals surface area contributed by atoms with Crippen molar-refractivity contribution in [3.05, 3.63) is 59.4 Å². The fourth-order valence-corrected chi connectivity index (χ4v) is 1.67. The third-order valence-corrected chi connectivity index (χ3v) is 2.75. The summed E-state index contributed by atoms with van der Waals surface area (Å²) in [7, 11) is 0. The summed E-state index contributed by atoms with van der Waals surface area (Å²) in [6, 6.07) is 9.23. The number of nitrogens with two attached hydrogens (primary N) is 1. The summed E-state index contributed by atoms with van der Waals surface area (Å²) in [4.78, 5) is 11.9. The lowest BCUT2D eigenvalue weighted by molar-refractivity contribution is 0.102. The van der Waals surface area contributed by atoms with Crippen molar-refractivity contribution in [2.75, 3.05) is 5.32 Å². The lowest BCUT2D eigenvalue weighted by Crippen LogP contribution is -2.14. The molecular weight excluding hydrogens is 277 g/mol. The van der Waals surface area contributed by atoms with Crippen molar-refractivity contribution in [1.29, 1.82) is 0 Å². The summed E-state index contributed by atoms with van der Waals surface area (Å²) in [6.07, 6.45) is 0. The van der Waals surface area contributed by atoms with Crippen LogP contribution in [-0.2, 0) is 0 Å². The first-order valence-electron chi connectivity index (χ1n) is 5.89. The Morgan fingerprint density at radius 3 is 2.48 bits per heavy atom. The van der Waals surface area contributed by atoms with Crippen molar-refractivity contribution >= 4 is 17.4 Å². The van der Waals surface area contributed by atoms with E-state index in [1.54, 1.807) is 0 Å². The molecule has 0 aliphatic carbocycles. The highest BCUT2D eigenvalue weighted by Crippen LogP contribution is 2.19. The molecule has 5 N–H and O–H groups in total. The topological polar surface area (TPSA) is 108 Å². The number of hydrogen-bond donors (Lipinski definition) is 4. The average Bonchev–Trinajstić information content (AvgIpc) is 2.49. The van der Waals surface area contributed by atoms with Crippen LogP contribution in [0.25, 0.3) is 0 Å². The number of amidine groups is 1. The molecule has 0 bridgehead atoms. The van der Waals surface area contributed by atoms with Crippen LogP contribution < -0.4 is 11.1 Å². The normalized spacial score (nSPS) is 11.2. The summed E-state index contributed by atoms with van der Waals surface area (Å²) in [6.45, 7) is 0. The van der Waals surface area contributed by atoms with Gasteiger partial charge in [0, 0.05) is 11.3 Å². The molecule has 7 heteroatoms. The van der Waals surface area contributed by atoms with Crippen molar-refractivity contribution in [1.82, 2.24) is 0 Å². The Bertz CT molecular complexity index is 699. The number of halogens is 1. The molecule has 0 radical (unpaired) electrons. The molecule has 0 saturated carbocycles. The SMILES string of the molecule is N/C(=N/O)c1ccc(NC(=O)c2cc(F)ccc2O)cc1. The van der Waals surface area contributed by atoms with E-state index in [2.05, 4.69) is 10.5 Å². The molecule has 0 saturated heterocycles. The number of nitrogens with zero attached hydrogens (tertiary/aromatic N) is 1. The van der Waals surface area contributed by atoms with Gasteiger partial charge < -0.3 is 21.4 Å². The van der Waals surface area contributed by atoms with Crippen LogP contribution in [0, 0.1) is 5.82 Å². The molecule has 0 aromatic heterocycles. The molecule has 2 aromatic carbocycles. The van der Waals surface area contributed by atoms with Gasteiger partial charge in [0.05, 0.1) is 5.56 Å². The van der Waals surface area contributed by atoms with Crippen molar-refractivity contribution < 1.29 is 19.5 Å². The van der Waals surface area contributed by atoms with Crippen LogP contribution in [0.15, 0.2) is 47.6 Å². The number of aromatic hydroxyl groups is 1. The molecule has 0 fully saturated rings. The molecule has 1 amide bonds. The first-order chi connectivity index (χ1) is 10.0. The Balaban J connectivity index is 2.18. The van der Waals surface area contributed by atoms with Crippen LogP contribution in [0.3, 0.4) is 0 Å². The van der Waals surface area contributed by atoms with Crippen molar-refractivity contribution in [3.8, 4) is 5.75 Å². The quantitative estimate of drug-likeness (QED) is 0.299. The number of amides is 1. The number of carbonyl (C=O) groups excluding carboxylic acids is 1. The molecule has 108 valence electrons. The fraction of sp³-hybridized carbons (Fsp3) is 0. The maximum absolute atomic E-state index is 13.1. The zero-order valence-corrected chi connectivity index (χ0v) is 10.7. The molecule has 6 nitrogen and oxygen atoms in total. The summed E-state index contributed by atoms with van der Waals surface area (Å²) in [5.74, 6) is -1.65. The van der Waals surface area contributed by atoms with E-state index in [9.17, 15) is 14.3 Å². The highest BCUT2D eigenvalue weighted by atomic mass is 19.1. The monoisotopic (exact) mass is 289 g/mol. The van der Waals surface area contributed by atoms with Gasteiger partial charge >= 0.3 is 0 Å². The molecule has 0 unspecified atom stereocenters. The number of anilines is 1.